The third kappa shape index (κ3) is 2.69. The summed E-state index contributed by atoms with van der Waals surface area (Å²) in [5.41, 5.74) is 0.588. The van der Waals surface area contributed by atoms with Gasteiger partial charge in [-0.2, -0.15) is 9.90 Å². The van der Waals surface area contributed by atoms with Crippen LogP contribution in [0.25, 0.3) is 0 Å². The Hall–Kier alpha value is -0.880. The van der Waals surface area contributed by atoms with Crippen molar-refractivity contribution in [2.75, 3.05) is 7.11 Å². The van der Waals surface area contributed by atoms with Crippen LogP contribution in [0.2, 0.25) is 0 Å². The lowest BCUT2D eigenvalue weighted by Crippen LogP contribution is -1.99. The predicted octanol–water partition coefficient (Wildman–Crippen LogP) is 1.53. The van der Waals surface area contributed by atoms with E-state index in [9.17, 15) is 4.79 Å². The zero-order valence-electron chi connectivity index (χ0n) is 6.41. The van der Waals surface area contributed by atoms with Gasteiger partial charge in [0.15, 0.2) is 0 Å². The summed E-state index contributed by atoms with van der Waals surface area (Å²) in [7, 11) is 1.37. The first-order chi connectivity index (χ1) is 4.84. The molecular weight excluding hydrogens is 159 g/mol. The van der Waals surface area contributed by atoms with Crippen molar-refractivity contribution >= 4 is 15.9 Å². The number of hydrogen-bond donors (Lipinski definition) is 0. The largest absolute Gasteiger partial charge is 0.465 e. The molecule has 0 spiro atoms. The zero-order valence-corrected chi connectivity index (χ0v) is 7.82. The number of carbonyl (C=O) groups is 1. The lowest BCUT2D eigenvalue weighted by Gasteiger charge is -1.95. The number of ether oxygens (including phenoxy) is 1. The average Bonchev–Trinajstić information content (AvgIpc) is 2.05. The monoisotopic (exact) mass is 170 g/mol. The fourth-order valence-electron chi connectivity index (χ4n) is 0.692. The van der Waals surface area contributed by atoms with E-state index >= 15 is 0 Å². The van der Waals surface area contributed by atoms with Gasteiger partial charge >= 0.3 is 5.97 Å². The molecule has 0 heterocycles. The Kier molecular flexibility index (Phi) is 4.47. The minimum Gasteiger partial charge on any atom is -0.465 e. The Balaban J connectivity index is 0.000001000. The van der Waals surface area contributed by atoms with Crippen LogP contribution in [0.3, 0.4) is 0 Å². The summed E-state index contributed by atoms with van der Waals surface area (Å²) in [6, 6.07) is 8.88. The van der Waals surface area contributed by atoms with E-state index in [0.717, 1.165) is 0 Å². The van der Waals surface area contributed by atoms with Gasteiger partial charge in [-0.05, 0) is 12.1 Å². The van der Waals surface area contributed by atoms with Gasteiger partial charge in [0.05, 0.1) is 12.7 Å². The van der Waals surface area contributed by atoms with Gasteiger partial charge in [0.1, 0.15) is 0 Å². The molecule has 0 aliphatic heterocycles. The first-order valence-corrected chi connectivity index (χ1v) is 2.98. The fourth-order valence-corrected chi connectivity index (χ4v) is 0.692. The molecule has 0 aliphatic carbocycles. The van der Waals surface area contributed by atoms with Gasteiger partial charge in [-0.25, -0.2) is 4.79 Å². The van der Waals surface area contributed by atoms with Gasteiger partial charge in [0.25, 0.3) is 0 Å². The van der Waals surface area contributed by atoms with E-state index in [2.05, 4.69) is 4.74 Å². The van der Waals surface area contributed by atoms with Gasteiger partial charge in [-0.3, -0.25) is 0 Å². The smallest absolute Gasteiger partial charge is 0.337 e. The maximum absolute atomic E-state index is 10.8. The number of carbonyl (C=O) groups excluding carboxylic acids is 1. The molecule has 0 N–H and O–H groups in total. The second kappa shape index (κ2) is 4.86. The van der Waals surface area contributed by atoms with E-state index in [1.165, 1.54) is 7.11 Å². The van der Waals surface area contributed by atoms with Crippen molar-refractivity contribution in [1.29, 1.82) is 0 Å². The summed E-state index contributed by atoms with van der Waals surface area (Å²) in [6.07, 6.45) is 0. The number of rotatable bonds is 1. The maximum Gasteiger partial charge on any atom is 0.337 e. The highest BCUT2D eigenvalue weighted by Crippen LogP contribution is 1.98. The number of hydrogen-bond acceptors (Lipinski definition) is 2. The molecule has 1 rings (SSSR count). The van der Waals surface area contributed by atoms with E-state index in [4.69, 9.17) is 0 Å². The Bertz CT molecular complexity index is 221. The van der Waals surface area contributed by atoms with Crippen molar-refractivity contribution in [2.45, 2.75) is 0 Å². The third-order valence-electron chi connectivity index (χ3n) is 1.19. The molecule has 0 bridgehead atoms. The predicted molar refractivity (Wildman–Crippen MR) is 48.9 cm³/mol. The van der Waals surface area contributed by atoms with Gasteiger partial charge < -0.3 is 4.74 Å². The van der Waals surface area contributed by atoms with Crippen LogP contribution in [-0.2, 0) is 4.74 Å². The van der Waals surface area contributed by atoms with Gasteiger partial charge in [0.2, 0.25) is 0 Å². The first kappa shape index (κ1) is 10.1. The molecule has 0 aliphatic rings. The van der Waals surface area contributed by atoms with Crippen molar-refractivity contribution in [3.05, 3.63) is 35.9 Å². The minimum absolute atomic E-state index is 0. The van der Waals surface area contributed by atoms with E-state index < -0.39 is 0 Å². The summed E-state index contributed by atoms with van der Waals surface area (Å²) in [6.45, 7) is 0. The molecule has 60 valence electrons. The van der Waals surface area contributed by atoms with Crippen LogP contribution in [0.5, 0.6) is 0 Å². The maximum atomic E-state index is 10.8. The molecule has 0 radical (unpaired) electrons. The van der Waals surface area contributed by atoms with Crippen LogP contribution in [0.15, 0.2) is 30.3 Å². The highest BCUT2D eigenvalue weighted by Gasteiger charge is 2.00. The summed E-state index contributed by atoms with van der Waals surface area (Å²) in [5.74, 6) is -0.291. The fraction of sp³-hybridized carbons (Fsp3) is 0.125. The van der Waals surface area contributed by atoms with E-state index in [0.29, 0.717) is 5.56 Å². The summed E-state index contributed by atoms with van der Waals surface area (Å²) in [5, 5.41) is 0. The lowest BCUT2D eigenvalue weighted by molar-refractivity contribution is 0.0601. The van der Waals surface area contributed by atoms with Crippen molar-refractivity contribution in [3.63, 3.8) is 0 Å². The van der Waals surface area contributed by atoms with Crippen LogP contribution in [-0.4, -0.2) is 13.1 Å². The second-order valence-electron chi connectivity index (χ2n) is 1.86. The Labute approximate surface area is 69.2 Å². The standard InChI is InChI=1S/C8H8O2.H3P/c1-10-8(9)7-5-3-2-4-6-7;/h2-6H,1H3;1H3. The Morgan fingerprint density at radius 1 is 1.27 bits per heavy atom. The van der Waals surface area contributed by atoms with Crippen LogP contribution in [0, 0.1) is 0 Å². The molecule has 0 saturated heterocycles. The molecule has 0 amide bonds. The van der Waals surface area contributed by atoms with Crippen LogP contribution >= 0.6 is 9.90 Å². The zero-order chi connectivity index (χ0) is 7.40. The highest BCUT2D eigenvalue weighted by atomic mass is 31.0. The highest BCUT2D eigenvalue weighted by molar-refractivity contribution is 6.92. The summed E-state index contributed by atoms with van der Waals surface area (Å²) in [4.78, 5) is 10.8. The summed E-state index contributed by atoms with van der Waals surface area (Å²) >= 11 is 0. The van der Waals surface area contributed by atoms with Crippen molar-refractivity contribution in [2.24, 2.45) is 0 Å². The normalized spacial score (nSPS) is 8.09. The van der Waals surface area contributed by atoms with Crippen molar-refractivity contribution in [3.8, 4) is 0 Å². The number of esters is 1. The van der Waals surface area contributed by atoms with E-state index in [1.807, 2.05) is 6.07 Å². The second-order valence-corrected chi connectivity index (χ2v) is 1.86. The third-order valence-corrected chi connectivity index (χ3v) is 1.19. The van der Waals surface area contributed by atoms with Crippen molar-refractivity contribution in [1.82, 2.24) is 0 Å². The molecule has 0 fully saturated rings. The molecule has 1 aromatic carbocycles. The summed E-state index contributed by atoms with van der Waals surface area (Å²) < 4.78 is 4.50. The van der Waals surface area contributed by atoms with Gasteiger partial charge in [-0.1, -0.05) is 18.2 Å². The molecular formula is C8H11O2P. The van der Waals surface area contributed by atoms with E-state index in [1.54, 1.807) is 24.3 Å². The quantitative estimate of drug-likeness (QED) is 0.472. The Morgan fingerprint density at radius 2 is 1.82 bits per heavy atom. The average molecular weight is 170 g/mol. The van der Waals surface area contributed by atoms with Gasteiger partial charge in [-0.15, -0.1) is 0 Å². The van der Waals surface area contributed by atoms with Crippen LogP contribution in [0.4, 0.5) is 0 Å². The molecule has 0 saturated carbocycles. The number of methoxy groups -OCH3 is 1. The molecule has 1 unspecified atom stereocenters. The molecule has 2 nitrogen and oxygen atoms in total. The minimum atomic E-state index is -0.291. The first-order valence-electron chi connectivity index (χ1n) is 2.98. The van der Waals surface area contributed by atoms with Crippen LogP contribution < -0.4 is 0 Å². The SMILES string of the molecule is COC(=O)c1ccccc1.P. The van der Waals surface area contributed by atoms with E-state index in [-0.39, 0.29) is 15.9 Å². The lowest BCUT2D eigenvalue weighted by atomic mass is 10.2. The Morgan fingerprint density at radius 3 is 2.27 bits per heavy atom. The molecule has 0 aromatic heterocycles. The molecule has 1 atom stereocenters. The topological polar surface area (TPSA) is 26.3 Å². The molecule has 11 heavy (non-hydrogen) atoms. The van der Waals surface area contributed by atoms with Crippen molar-refractivity contribution < 1.29 is 9.53 Å². The molecule has 3 heteroatoms. The molecule has 1 aromatic rings. The van der Waals surface area contributed by atoms with Gasteiger partial charge in [0, 0.05) is 0 Å². The van der Waals surface area contributed by atoms with Crippen LogP contribution in [0.1, 0.15) is 10.4 Å². The number of benzene rings is 1.